The van der Waals surface area contributed by atoms with Crippen molar-refractivity contribution < 1.29 is 14.3 Å². The van der Waals surface area contributed by atoms with E-state index >= 15 is 0 Å². The van der Waals surface area contributed by atoms with Gasteiger partial charge in [0.05, 0.1) is 11.0 Å². The molecule has 1 saturated heterocycles. The predicted molar refractivity (Wildman–Crippen MR) is 108 cm³/mol. The average Bonchev–Trinajstić information content (AvgIpc) is 2.93. The van der Waals surface area contributed by atoms with E-state index in [1.165, 1.54) is 0 Å². The number of hydrogen-bond acceptors (Lipinski definition) is 5. The number of carbonyl (C=O) groups is 2. The molecule has 152 valence electrons. The minimum atomic E-state index is -0.480. The first-order valence-electron chi connectivity index (χ1n) is 9.67. The summed E-state index contributed by atoms with van der Waals surface area (Å²) in [6.07, 6.45) is 2.60. The molecule has 0 radical (unpaired) electrons. The Balaban J connectivity index is 1.58. The summed E-state index contributed by atoms with van der Waals surface area (Å²) >= 11 is 0. The third-order valence-electron chi connectivity index (χ3n) is 5.09. The minimum absolute atomic E-state index is 0.235. The van der Waals surface area contributed by atoms with Crippen molar-refractivity contribution in [3.63, 3.8) is 0 Å². The number of primary amides is 1. The number of anilines is 1. The van der Waals surface area contributed by atoms with Crippen LogP contribution in [-0.2, 0) is 11.3 Å². The van der Waals surface area contributed by atoms with Gasteiger partial charge in [-0.2, -0.15) is 0 Å². The van der Waals surface area contributed by atoms with E-state index in [1.807, 2.05) is 31.4 Å². The second-order valence-electron chi connectivity index (χ2n) is 8.39. The van der Waals surface area contributed by atoms with Crippen molar-refractivity contribution in [1.82, 2.24) is 14.5 Å². The average molecular weight is 387 g/mol. The Morgan fingerprint density at radius 1 is 1.25 bits per heavy atom. The molecule has 0 unspecified atom stereocenters. The van der Waals surface area contributed by atoms with Gasteiger partial charge in [-0.3, -0.25) is 4.79 Å². The van der Waals surface area contributed by atoms with Crippen LogP contribution in [0.3, 0.4) is 0 Å². The number of amides is 2. The van der Waals surface area contributed by atoms with Gasteiger partial charge in [0.15, 0.2) is 0 Å². The van der Waals surface area contributed by atoms with E-state index in [4.69, 9.17) is 16.2 Å². The standard InChI is InChI=1S/C20H29N5O3/c1-20(2,3)28-19(27)24-9-6-13(7-10-24)8-11-25-16-5-4-14(17(21)26)12-15(16)23-18(25)22/h4-5,12-13H,6-11H2,1-3H3,(H2,21,26)(H2,22,23). The van der Waals surface area contributed by atoms with E-state index in [1.54, 1.807) is 17.0 Å². The Morgan fingerprint density at radius 2 is 1.93 bits per heavy atom. The van der Waals surface area contributed by atoms with Gasteiger partial charge in [0, 0.05) is 25.2 Å². The number of aryl methyl sites for hydroxylation is 1. The van der Waals surface area contributed by atoms with E-state index in [-0.39, 0.29) is 6.09 Å². The molecule has 1 aromatic heterocycles. The summed E-state index contributed by atoms with van der Waals surface area (Å²) in [4.78, 5) is 29.7. The van der Waals surface area contributed by atoms with E-state index < -0.39 is 11.5 Å². The van der Waals surface area contributed by atoms with Crippen LogP contribution in [0.2, 0.25) is 0 Å². The summed E-state index contributed by atoms with van der Waals surface area (Å²) in [5.41, 5.74) is 12.9. The van der Waals surface area contributed by atoms with Crippen molar-refractivity contribution in [2.24, 2.45) is 11.7 Å². The Bertz CT molecular complexity index is 876. The van der Waals surface area contributed by atoms with Gasteiger partial charge in [0.2, 0.25) is 11.9 Å². The molecule has 0 bridgehead atoms. The van der Waals surface area contributed by atoms with Gasteiger partial charge in [-0.1, -0.05) is 0 Å². The maximum absolute atomic E-state index is 12.2. The molecule has 0 aliphatic carbocycles. The van der Waals surface area contributed by atoms with Crippen molar-refractivity contribution in [3.8, 4) is 0 Å². The van der Waals surface area contributed by atoms with Gasteiger partial charge in [0.1, 0.15) is 5.60 Å². The molecule has 28 heavy (non-hydrogen) atoms. The molecular formula is C20H29N5O3. The summed E-state index contributed by atoms with van der Waals surface area (Å²) in [5.74, 6) is 0.468. The number of fused-ring (bicyclic) bond motifs is 1. The number of carbonyl (C=O) groups excluding carboxylic acids is 2. The van der Waals surface area contributed by atoms with Crippen LogP contribution in [0.5, 0.6) is 0 Å². The van der Waals surface area contributed by atoms with Crippen molar-refractivity contribution in [2.45, 2.75) is 52.2 Å². The molecule has 3 rings (SSSR count). The van der Waals surface area contributed by atoms with Crippen molar-refractivity contribution in [3.05, 3.63) is 23.8 Å². The highest BCUT2D eigenvalue weighted by Gasteiger charge is 2.27. The number of likely N-dealkylation sites (tertiary alicyclic amines) is 1. The quantitative estimate of drug-likeness (QED) is 0.837. The highest BCUT2D eigenvalue weighted by atomic mass is 16.6. The monoisotopic (exact) mass is 387 g/mol. The van der Waals surface area contributed by atoms with Gasteiger partial charge < -0.3 is 25.7 Å². The van der Waals surface area contributed by atoms with Crippen molar-refractivity contribution in [2.75, 3.05) is 18.8 Å². The fraction of sp³-hybridized carbons (Fsp3) is 0.550. The third-order valence-corrected chi connectivity index (χ3v) is 5.09. The molecule has 2 heterocycles. The van der Waals surface area contributed by atoms with Crippen LogP contribution in [0, 0.1) is 5.92 Å². The Labute approximate surface area is 164 Å². The summed E-state index contributed by atoms with van der Waals surface area (Å²) in [6, 6.07) is 5.20. The van der Waals surface area contributed by atoms with Crippen LogP contribution in [0.25, 0.3) is 11.0 Å². The topological polar surface area (TPSA) is 116 Å². The van der Waals surface area contributed by atoms with Crippen LogP contribution in [-0.4, -0.2) is 45.1 Å². The zero-order valence-electron chi connectivity index (χ0n) is 16.8. The molecule has 1 fully saturated rings. The number of hydrogen-bond donors (Lipinski definition) is 2. The number of imidazole rings is 1. The summed E-state index contributed by atoms with van der Waals surface area (Å²) < 4.78 is 7.42. The van der Waals surface area contributed by atoms with E-state index in [2.05, 4.69) is 4.98 Å². The van der Waals surface area contributed by atoms with Crippen LogP contribution in [0.4, 0.5) is 10.7 Å². The highest BCUT2D eigenvalue weighted by molar-refractivity contribution is 5.96. The molecule has 2 amide bonds. The lowest BCUT2D eigenvalue weighted by molar-refractivity contribution is 0.0180. The Hall–Kier alpha value is -2.77. The SMILES string of the molecule is CC(C)(C)OC(=O)N1CCC(CCn2c(N)nc3cc(C(N)=O)ccc32)CC1. The first kappa shape index (κ1) is 20.0. The maximum atomic E-state index is 12.2. The second kappa shape index (κ2) is 7.69. The normalized spacial score (nSPS) is 15.8. The number of nitrogen functional groups attached to an aromatic ring is 1. The fourth-order valence-corrected chi connectivity index (χ4v) is 3.58. The maximum Gasteiger partial charge on any atom is 0.410 e. The number of benzene rings is 1. The molecule has 0 atom stereocenters. The second-order valence-corrected chi connectivity index (χ2v) is 8.39. The number of nitrogens with two attached hydrogens (primary N) is 2. The van der Waals surface area contributed by atoms with Gasteiger partial charge in [-0.05, 0) is 64.2 Å². The minimum Gasteiger partial charge on any atom is -0.444 e. The lowest BCUT2D eigenvalue weighted by Crippen LogP contribution is -2.41. The van der Waals surface area contributed by atoms with E-state index in [0.29, 0.717) is 36.0 Å². The number of ether oxygens (including phenoxy) is 1. The fourth-order valence-electron chi connectivity index (χ4n) is 3.58. The number of nitrogens with zero attached hydrogens (tertiary/aromatic N) is 3. The third kappa shape index (κ3) is 4.55. The molecule has 8 heteroatoms. The highest BCUT2D eigenvalue weighted by Crippen LogP contribution is 2.25. The largest absolute Gasteiger partial charge is 0.444 e. The van der Waals surface area contributed by atoms with Crippen LogP contribution in [0.1, 0.15) is 50.4 Å². The molecule has 1 aliphatic rings. The van der Waals surface area contributed by atoms with E-state index in [0.717, 1.165) is 31.3 Å². The number of rotatable bonds is 4. The Morgan fingerprint density at radius 3 is 2.54 bits per heavy atom. The van der Waals surface area contributed by atoms with Crippen molar-refractivity contribution >= 4 is 29.0 Å². The zero-order valence-corrected chi connectivity index (χ0v) is 16.8. The molecule has 2 aromatic rings. The smallest absolute Gasteiger partial charge is 0.410 e. The molecule has 1 aromatic carbocycles. The molecule has 4 N–H and O–H groups in total. The van der Waals surface area contributed by atoms with E-state index in [9.17, 15) is 9.59 Å². The lowest BCUT2D eigenvalue weighted by Gasteiger charge is -2.33. The summed E-state index contributed by atoms with van der Waals surface area (Å²) in [5, 5.41) is 0. The summed E-state index contributed by atoms with van der Waals surface area (Å²) in [6.45, 7) is 7.80. The Kier molecular flexibility index (Phi) is 5.49. The lowest BCUT2D eigenvalue weighted by atomic mass is 9.93. The van der Waals surface area contributed by atoms with Crippen molar-refractivity contribution in [1.29, 1.82) is 0 Å². The first-order chi connectivity index (χ1) is 13.1. The molecule has 1 aliphatic heterocycles. The van der Waals surface area contributed by atoms with Gasteiger partial charge in [0.25, 0.3) is 0 Å². The molecular weight excluding hydrogens is 358 g/mol. The van der Waals surface area contributed by atoms with Gasteiger partial charge in [-0.25, -0.2) is 9.78 Å². The zero-order chi connectivity index (χ0) is 20.5. The van der Waals surface area contributed by atoms with Gasteiger partial charge >= 0.3 is 6.09 Å². The summed E-state index contributed by atoms with van der Waals surface area (Å²) in [7, 11) is 0. The molecule has 0 saturated carbocycles. The molecule has 8 nitrogen and oxygen atoms in total. The van der Waals surface area contributed by atoms with Crippen LogP contribution >= 0.6 is 0 Å². The number of piperidine rings is 1. The van der Waals surface area contributed by atoms with Crippen LogP contribution in [0.15, 0.2) is 18.2 Å². The number of aromatic nitrogens is 2. The predicted octanol–water partition coefficient (Wildman–Crippen LogP) is 2.75. The van der Waals surface area contributed by atoms with Crippen LogP contribution < -0.4 is 11.5 Å². The first-order valence-corrected chi connectivity index (χ1v) is 9.67. The van der Waals surface area contributed by atoms with Gasteiger partial charge in [-0.15, -0.1) is 0 Å². The molecule has 0 spiro atoms.